The van der Waals surface area contributed by atoms with Crippen LogP contribution in [0.3, 0.4) is 0 Å². The maximum absolute atomic E-state index is 12.6. The normalized spacial score (nSPS) is 21.9. The van der Waals surface area contributed by atoms with E-state index < -0.39 is 0 Å². The van der Waals surface area contributed by atoms with E-state index in [9.17, 15) is 4.79 Å². The Bertz CT molecular complexity index is 738. The van der Waals surface area contributed by atoms with E-state index in [1.165, 1.54) is 11.1 Å². The van der Waals surface area contributed by atoms with E-state index >= 15 is 0 Å². The highest BCUT2D eigenvalue weighted by molar-refractivity contribution is 5.70. The van der Waals surface area contributed by atoms with Gasteiger partial charge in [0.05, 0.1) is 0 Å². The second-order valence-electron chi connectivity index (χ2n) is 6.95. The van der Waals surface area contributed by atoms with E-state index in [2.05, 4.69) is 30.3 Å². The quantitative estimate of drug-likeness (QED) is 0.788. The zero-order chi connectivity index (χ0) is 17.1. The van der Waals surface area contributed by atoms with Crippen LogP contribution in [-0.4, -0.2) is 23.1 Å². The number of piperidine rings is 1. The second-order valence-corrected chi connectivity index (χ2v) is 6.95. The van der Waals surface area contributed by atoms with Gasteiger partial charge in [0.15, 0.2) is 0 Å². The molecule has 2 aromatic rings. The molecule has 2 atom stereocenters. The van der Waals surface area contributed by atoms with Crippen molar-refractivity contribution in [2.75, 3.05) is 0 Å². The first-order chi connectivity index (χ1) is 12.3. The molecule has 0 aromatic heterocycles. The SMILES string of the molecule is O=C(OCc1ccccc1)N1C2CCC1CC(=Cc1ccccc1)C2. The smallest absolute Gasteiger partial charge is 0.410 e. The summed E-state index contributed by atoms with van der Waals surface area (Å²) in [5.41, 5.74) is 3.73. The molecule has 2 unspecified atom stereocenters. The van der Waals surface area contributed by atoms with E-state index in [0.29, 0.717) is 6.61 Å². The van der Waals surface area contributed by atoms with Crippen LogP contribution in [0.25, 0.3) is 6.08 Å². The van der Waals surface area contributed by atoms with Crippen molar-refractivity contribution in [2.24, 2.45) is 0 Å². The minimum atomic E-state index is -0.157. The summed E-state index contributed by atoms with van der Waals surface area (Å²) in [5.74, 6) is 0. The molecule has 2 fully saturated rings. The van der Waals surface area contributed by atoms with Gasteiger partial charge in [-0.2, -0.15) is 0 Å². The number of nitrogens with zero attached hydrogens (tertiary/aromatic N) is 1. The predicted octanol–water partition coefficient (Wildman–Crippen LogP) is 5.03. The Labute approximate surface area is 148 Å². The van der Waals surface area contributed by atoms with Crippen molar-refractivity contribution >= 4 is 12.2 Å². The highest BCUT2D eigenvalue weighted by Gasteiger charge is 2.42. The summed E-state index contributed by atoms with van der Waals surface area (Å²) in [6, 6.07) is 20.9. The molecule has 25 heavy (non-hydrogen) atoms. The fraction of sp³-hybridized carbons (Fsp3) is 0.318. The molecule has 0 spiro atoms. The monoisotopic (exact) mass is 333 g/mol. The fourth-order valence-electron chi connectivity index (χ4n) is 4.05. The molecule has 1 amide bonds. The van der Waals surface area contributed by atoms with Crippen LogP contribution in [0.2, 0.25) is 0 Å². The molecule has 0 N–H and O–H groups in total. The zero-order valence-corrected chi connectivity index (χ0v) is 14.3. The molecule has 0 aliphatic carbocycles. The molecular weight excluding hydrogens is 310 g/mol. The highest BCUT2D eigenvalue weighted by Crippen LogP contribution is 2.39. The predicted molar refractivity (Wildman–Crippen MR) is 98.9 cm³/mol. The molecule has 3 heteroatoms. The van der Waals surface area contributed by atoms with Gasteiger partial charge in [-0.15, -0.1) is 0 Å². The maximum Gasteiger partial charge on any atom is 0.410 e. The van der Waals surface area contributed by atoms with E-state index in [1.54, 1.807) is 0 Å². The van der Waals surface area contributed by atoms with Crippen molar-refractivity contribution in [3.05, 3.63) is 77.4 Å². The number of amides is 1. The lowest BCUT2D eigenvalue weighted by Crippen LogP contribution is -2.44. The van der Waals surface area contributed by atoms with Crippen molar-refractivity contribution in [3.8, 4) is 0 Å². The van der Waals surface area contributed by atoms with Crippen LogP contribution in [0, 0.1) is 0 Å². The molecule has 0 radical (unpaired) electrons. The molecule has 4 rings (SSSR count). The molecule has 2 aromatic carbocycles. The standard InChI is InChI=1S/C22H23NO2/c24-22(25-16-18-9-5-2-6-10-18)23-20-11-12-21(23)15-19(14-20)13-17-7-3-1-4-8-17/h1-10,13,20-21H,11-12,14-16H2. The van der Waals surface area contributed by atoms with Gasteiger partial charge in [0.1, 0.15) is 6.61 Å². The van der Waals surface area contributed by atoms with Crippen molar-refractivity contribution in [2.45, 2.75) is 44.4 Å². The third kappa shape index (κ3) is 3.60. The van der Waals surface area contributed by atoms with Crippen LogP contribution in [0.15, 0.2) is 66.2 Å². The summed E-state index contributed by atoms with van der Waals surface area (Å²) in [5, 5.41) is 0. The lowest BCUT2D eigenvalue weighted by atomic mass is 9.95. The minimum absolute atomic E-state index is 0.157. The Morgan fingerprint density at radius 3 is 2.20 bits per heavy atom. The van der Waals surface area contributed by atoms with Gasteiger partial charge >= 0.3 is 6.09 Å². The Morgan fingerprint density at radius 2 is 1.56 bits per heavy atom. The van der Waals surface area contributed by atoms with Crippen LogP contribution < -0.4 is 0 Å². The Morgan fingerprint density at radius 1 is 0.960 bits per heavy atom. The van der Waals surface area contributed by atoms with Gasteiger partial charge < -0.3 is 9.64 Å². The first-order valence-corrected chi connectivity index (χ1v) is 9.03. The number of hydrogen-bond donors (Lipinski definition) is 0. The average Bonchev–Trinajstić information content (AvgIpc) is 2.92. The summed E-state index contributed by atoms with van der Waals surface area (Å²) in [6.07, 6.45) is 6.22. The van der Waals surface area contributed by atoms with Crippen LogP contribution >= 0.6 is 0 Å². The van der Waals surface area contributed by atoms with Crippen molar-refractivity contribution in [3.63, 3.8) is 0 Å². The fourth-order valence-corrected chi connectivity index (χ4v) is 4.05. The number of carbonyl (C=O) groups is 1. The van der Waals surface area contributed by atoms with Gasteiger partial charge in [0.2, 0.25) is 0 Å². The zero-order valence-electron chi connectivity index (χ0n) is 14.3. The number of fused-ring (bicyclic) bond motifs is 2. The first-order valence-electron chi connectivity index (χ1n) is 9.03. The Kier molecular flexibility index (Phi) is 4.55. The molecule has 2 bridgehead atoms. The third-order valence-corrected chi connectivity index (χ3v) is 5.20. The van der Waals surface area contributed by atoms with Crippen LogP contribution in [0.4, 0.5) is 4.79 Å². The lowest BCUT2D eigenvalue weighted by Gasteiger charge is -2.35. The summed E-state index contributed by atoms with van der Waals surface area (Å²) in [7, 11) is 0. The maximum atomic E-state index is 12.6. The van der Waals surface area contributed by atoms with Crippen molar-refractivity contribution < 1.29 is 9.53 Å². The van der Waals surface area contributed by atoms with Gasteiger partial charge in [0.25, 0.3) is 0 Å². The molecule has 0 saturated carbocycles. The Hall–Kier alpha value is -2.55. The molecule has 3 nitrogen and oxygen atoms in total. The summed E-state index contributed by atoms with van der Waals surface area (Å²) < 4.78 is 5.57. The van der Waals surface area contributed by atoms with Gasteiger partial charge in [-0.05, 0) is 36.8 Å². The number of rotatable bonds is 3. The number of carbonyl (C=O) groups excluding carboxylic acids is 1. The van der Waals surface area contributed by atoms with E-state index in [4.69, 9.17) is 4.74 Å². The van der Waals surface area contributed by atoms with Gasteiger partial charge in [-0.25, -0.2) is 4.79 Å². The van der Waals surface area contributed by atoms with E-state index in [-0.39, 0.29) is 18.2 Å². The topological polar surface area (TPSA) is 29.5 Å². The first kappa shape index (κ1) is 15.9. The molecular formula is C22H23NO2. The number of benzene rings is 2. The van der Waals surface area contributed by atoms with Gasteiger partial charge in [-0.3, -0.25) is 0 Å². The molecule has 2 aliphatic rings. The van der Waals surface area contributed by atoms with Crippen LogP contribution in [0.5, 0.6) is 0 Å². The van der Waals surface area contributed by atoms with E-state index in [1.807, 2.05) is 41.3 Å². The van der Waals surface area contributed by atoms with Crippen LogP contribution in [-0.2, 0) is 11.3 Å². The average molecular weight is 333 g/mol. The molecule has 2 heterocycles. The number of hydrogen-bond acceptors (Lipinski definition) is 2. The second kappa shape index (κ2) is 7.14. The van der Waals surface area contributed by atoms with Crippen LogP contribution in [0.1, 0.15) is 36.8 Å². The third-order valence-electron chi connectivity index (χ3n) is 5.20. The summed E-state index contributed by atoms with van der Waals surface area (Å²) in [6.45, 7) is 0.350. The molecule has 2 aliphatic heterocycles. The molecule has 128 valence electrons. The van der Waals surface area contributed by atoms with E-state index in [0.717, 1.165) is 31.2 Å². The largest absolute Gasteiger partial charge is 0.445 e. The molecule has 2 saturated heterocycles. The highest BCUT2D eigenvalue weighted by atomic mass is 16.6. The lowest BCUT2D eigenvalue weighted by molar-refractivity contribution is 0.0723. The minimum Gasteiger partial charge on any atom is -0.445 e. The Balaban J connectivity index is 1.40. The summed E-state index contributed by atoms with van der Waals surface area (Å²) >= 11 is 0. The number of ether oxygens (including phenoxy) is 1. The van der Waals surface area contributed by atoms with Crippen molar-refractivity contribution in [1.29, 1.82) is 0 Å². The van der Waals surface area contributed by atoms with Crippen molar-refractivity contribution in [1.82, 2.24) is 4.90 Å². The van der Waals surface area contributed by atoms with Gasteiger partial charge in [-0.1, -0.05) is 72.3 Å². The van der Waals surface area contributed by atoms with Gasteiger partial charge in [0, 0.05) is 12.1 Å². The summed E-state index contributed by atoms with van der Waals surface area (Å²) in [4.78, 5) is 14.6.